The summed E-state index contributed by atoms with van der Waals surface area (Å²) in [5.41, 5.74) is 3.42. The van der Waals surface area contributed by atoms with Crippen LogP contribution in [-0.4, -0.2) is 9.97 Å². The molecule has 2 aromatic carbocycles. The minimum absolute atomic E-state index is 0.146. The van der Waals surface area contributed by atoms with Gasteiger partial charge in [-0.15, -0.1) is 0 Å². The number of hydrogen-bond donors (Lipinski definition) is 2. The molecule has 2 N–H and O–H groups in total. The Balaban J connectivity index is 1.79. The predicted octanol–water partition coefficient (Wildman–Crippen LogP) is 4.86. The third kappa shape index (κ3) is 3.65. The van der Waals surface area contributed by atoms with Gasteiger partial charge in [0.05, 0.1) is 5.69 Å². The molecule has 0 aliphatic heterocycles. The van der Waals surface area contributed by atoms with Crippen LogP contribution in [0.15, 0.2) is 48.8 Å². The first-order valence-corrected chi connectivity index (χ1v) is 7.39. The van der Waals surface area contributed by atoms with Crippen LogP contribution in [0.1, 0.15) is 11.1 Å². The van der Waals surface area contributed by atoms with E-state index in [2.05, 4.69) is 20.6 Å². The summed E-state index contributed by atoms with van der Waals surface area (Å²) >= 11 is 0. The van der Waals surface area contributed by atoms with Gasteiger partial charge < -0.3 is 10.6 Å². The standard InChI is InChI=1S/C18H16F2N4/c1-11-3-5-14(7-12(11)2)23-17-9-18(22-10-21-17)24-16-6-4-13(19)8-15(16)20/h3-10H,1-2H3,(H2,21,22,23,24). The van der Waals surface area contributed by atoms with Crippen LogP contribution in [0.2, 0.25) is 0 Å². The number of halogens is 2. The molecule has 0 bridgehead atoms. The highest BCUT2D eigenvalue weighted by atomic mass is 19.1. The summed E-state index contributed by atoms with van der Waals surface area (Å²) in [5.74, 6) is -0.338. The molecule has 0 fully saturated rings. The van der Waals surface area contributed by atoms with Gasteiger partial charge in [0.25, 0.3) is 0 Å². The number of nitrogens with zero attached hydrogens (tertiary/aromatic N) is 2. The van der Waals surface area contributed by atoms with E-state index in [0.717, 1.165) is 11.8 Å². The molecule has 0 unspecified atom stereocenters. The Labute approximate surface area is 138 Å². The molecular weight excluding hydrogens is 310 g/mol. The molecule has 1 aromatic heterocycles. The van der Waals surface area contributed by atoms with Crippen molar-refractivity contribution in [3.8, 4) is 0 Å². The Hall–Kier alpha value is -3.02. The molecular formula is C18H16F2N4. The molecule has 0 radical (unpaired) electrons. The van der Waals surface area contributed by atoms with Crippen LogP contribution in [0.5, 0.6) is 0 Å². The van der Waals surface area contributed by atoms with Crippen LogP contribution >= 0.6 is 0 Å². The van der Waals surface area contributed by atoms with E-state index < -0.39 is 11.6 Å². The minimum atomic E-state index is -0.683. The highest BCUT2D eigenvalue weighted by Crippen LogP contribution is 2.22. The molecule has 0 saturated carbocycles. The molecule has 0 amide bonds. The quantitative estimate of drug-likeness (QED) is 0.719. The van der Waals surface area contributed by atoms with E-state index in [9.17, 15) is 8.78 Å². The van der Waals surface area contributed by atoms with Gasteiger partial charge in [-0.05, 0) is 49.2 Å². The maximum Gasteiger partial charge on any atom is 0.149 e. The van der Waals surface area contributed by atoms with Crippen molar-refractivity contribution in [2.24, 2.45) is 0 Å². The van der Waals surface area contributed by atoms with Gasteiger partial charge in [-0.25, -0.2) is 18.7 Å². The Bertz CT molecular complexity index is 881. The van der Waals surface area contributed by atoms with Crippen LogP contribution in [0.3, 0.4) is 0 Å². The van der Waals surface area contributed by atoms with E-state index in [-0.39, 0.29) is 5.69 Å². The second-order valence-electron chi connectivity index (χ2n) is 5.46. The Morgan fingerprint density at radius 1 is 0.792 bits per heavy atom. The van der Waals surface area contributed by atoms with Gasteiger partial charge in [0.1, 0.15) is 29.6 Å². The maximum atomic E-state index is 13.7. The van der Waals surface area contributed by atoms with E-state index in [0.29, 0.717) is 11.6 Å². The molecule has 24 heavy (non-hydrogen) atoms. The summed E-state index contributed by atoms with van der Waals surface area (Å²) < 4.78 is 26.7. The zero-order valence-electron chi connectivity index (χ0n) is 13.3. The number of nitrogens with one attached hydrogen (secondary N) is 2. The van der Waals surface area contributed by atoms with Gasteiger partial charge >= 0.3 is 0 Å². The van der Waals surface area contributed by atoms with E-state index in [1.54, 1.807) is 6.07 Å². The van der Waals surface area contributed by atoms with Gasteiger partial charge in [0.2, 0.25) is 0 Å². The molecule has 3 rings (SSSR count). The van der Waals surface area contributed by atoms with Crippen molar-refractivity contribution < 1.29 is 8.78 Å². The molecule has 3 aromatic rings. The molecule has 4 nitrogen and oxygen atoms in total. The second kappa shape index (κ2) is 6.62. The fourth-order valence-electron chi connectivity index (χ4n) is 2.19. The zero-order valence-corrected chi connectivity index (χ0v) is 13.3. The van der Waals surface area contributed by atoms with Crippen molar-refractivity contribution in [2.75, 3.05) is 10.6 Å². The minimum Gasteiger partial charge on any atom is -0.340 e. The lowest BCUT2D eigenvalue weighted by Crippen LogP contribution is -2.00. The normalized spacial score (nSPS) is 10.5. The summed E-state index contributed by atoms with van der Waals surface area (Å²) in [7, 11) is 0. The predicted molar refractivity (Wildman–Crippen MR) is 90.9 cm³/mol. The number of aromatic nitrogens is 2. The topological polar surface area (TPSA) is 49.8 Å². The molecule has 1 heterocycles. The zero-order chi connectivity index (χ0) is 17.1. The van der Waals surface area contributed by atoms with Crippen molar-refractivity contribution in [3.63, 3.8) is 0 Å². The molecule has 122 valence electrons. The average Bonchev–Trinajstić information content (AvgIpc) is 2.54. The molecule has 0 aliphatic rings. The van der Waals surface area contributed by atoms with Crippen LogP contribution in [0, 0.1) is 25.5 Å². The second-order valence-corrected chi connectivity index (χ2v) is 5.46. The maximum absolute atomic E-state index is 13.7. The number of rotatable bonds is 4. The Kier molecular flexibility index (Phi) is 4.37. The first-order chi connectivity index (χ1) is 11.5. The summed E-state index contributed by atoms with van der Waals surface area (Å²) in [4.78, 5) is 8.20. The SMILES string of the molecule is Cc1ccc(Nc2cc(Nc3ccc(F)cc3F)ncn2)cc1C. The highest BCUT2D eigenvalue weighted by Gasteiger charge is 2.06. The van der Waals surface area contributed by atoms with E-state index in [1.807, 2.05) is 32.0 Å². The summed E-state index contributed by atoms with van der Waals surface area (Å²) in [6.45, 7) is 4.08. The molecule has 6 heteroatoms. The van der Waals surface area contributed by atoms with Gasteiger partial charge in [-0.2, -0.15) is 0 Å². The van der Waals surface area contributed by atoms with E-state index >= 15 is 0 Å². The van der Waals surface area contributed by atoms with Gasteiger partial charge in [0.15, 0.2) is 0 Å². The lowest BCUT2D eigenvalue weighted by Gasteiger charge is -2.10. The lowest BCUT2D eigenvalue weighted by molar-refractivity contribution is 0.586. The fraction of sp³-hybridized carbons (Fsp3) is 0.111. The number of benzene rings is 2. The average molecular weight is 326 g/mol. The number of aryl methyl sites for hydroxylation is 2. The van der Waals surface area contributed by atoms with Gasteiger partial charge in [0, 0.05) is 17.8 Å². The monoisotopic (exact) mass is 326 g/mol. The number of hydrogen-bond acceptors (Lipinski definition) is 4. The van der Waals surface area contributed by atoms with Crippen LogP contribution in [0.4, 0.5) is 31.8 Å². The molecule has 0 saturated heterocycles. The van der Waals surface area contributed by atoms with Crippen LogP contribution in [-0.2, 0) is 0 Å². The Morgan fingerprint density at radius 2 is 1.54 bits per heavy atom. The third-order valence-electron chi connectivity index (χ3n) is 3.64. The summed E-state index contributed by atoms with van der Waals surface area (Å²) in [6.07, 6.45) is 1.37. The molecule has 0 atom stereocenters. The van der Waals surface area contributed by atoms with Crippen molar-refractivity contribution in [1.29, 1.82) is 0 Å². The van der Waals surface area contributed by atoms with Crippen molar-refractivity contribution in [2.45, 2.75) is 13.8 Å². The van der Waals surface area contributed by atoms with Crippen LogP contribution < -0.4 is 10.6 Å². The lowest BCUT2D eigenvalue weighted by atomic mass is 10.1. The van der Waals surface area contributed by atoms with Crippen molar-refractivity contribution in [1.82, 2.24) is 9.97 Å². The first-order valence-electron chi connectivity index (χ1n) is 7.39. The summed E-state index contributed by atoms with van der Waals surface area (Å²) in [6, 6.07) is 11.0. The third-order valence-corrected chi connectivity index (χ3v) is 3.64. The smallest absolute Gasteiger partial charge is 0.149 e. The largest absolute Gasteiger partial charge is 0.340 e. The van der Waals surface area contributed by atoms with Gasteiger partial charge in [-0.1, -0.05) is 6.07 Å². The Morgan fingerprint density at radius 3 is 2.25 bits per heavy atom. The van der Waals surface area contributed by atoms with Gasteiger partial charge in [-0.3, -0.25) is 0 Å². The van der Waals surface area contributed by atoms with Crippen molar-refractivity contribution >= 4 is 23.0 Å². The molecule has 0 aliphatic carbocycles. The number of anilines is 4. The first kappa shape index (κ1) is 15.9. The van der Waals surface area contributed by atoms with Crippen molar-refractivity contribution in [3.05, 3.63) is 71.6 Å². The fourth-order valence-corrected chi connectivity index (χ4v) is 2.19. The van der Waals surface area contributed by atoms with E-state index in [1.165, 1.54) is 29.6 Å². The van der Waals surface area contributed by atoms with E-state index in [4.69, 9.17) is 0 Å². The molecule has 0 spiro atoms. The van der Waals surface area contributed by atoms with Crippen LogP contribution in [0.25, 0.3) is 0 Å². The highest BCUT2D eigenvalue weighted by molar-refractivity contribution is 5.63. The summed E-state index contributed by atoms with van der Waals surface area (Å²) in [5, 5.41) is 5.99.